The molecule has 0 aromatic carbocycles. The average molecular weight is 320 g/mol. The second-order valence-electron chi connectivity index (χ2n) is 0.224. The molecule has 12 heavy (non-hydrogen) atoms. The molecule has 80 valence electrons. The fraction of sp³-hybridized carbons (Fsp3) is 0. The Hall–Kier alpha value is 1.45. The van der Waals surface area contributed by atoms with Gasteiger partial charge in [0.1, 0.15) is 0 Å². The first-order chi connectivity index (χ1) is 1.73. The Morgan fingerprint density at radius 2 is 0.667 bits per heavy atom. The molecule has 0 unspecified atom stereocenters. The van der Waals surface area contributed by atoms with Gasteiger partial charge >= 0.3 is 80.3 Å². The molecule has 0 aliphatic rings. The standard InChI is InChI=1S/7FH.K.Nb.3O/h7*1H;;;;;/q;;;;;;;+1;;;;-1. The first-order valence-corrected chi connectivity index (χ1v) is 3.24. The normalized spacial score (nSPS) is 2.08. The van der Waals surface area contributed by atoms with E-state index in [4.69, 9.17) is 10.1 Å². The molecule has 0 N–H and O–H groups in total. The summed E-state index contributed by atoms with van der Waals surface area (Å²) in [7, 11) is 0. The summed E-state index contributed by atoms with van der Waals surface area (Å²) in [6, 6.07) is 0. The molecule has 0 heterocycles. The predicted molar refractivity (Wildman–Crippen MR) is 18.9 cm³/mol. The van der Waals surface area contributed by atoms with Crippen LogP contribution >= 0.6 is 0 Å². The number of hydrogen-bond acceptors (Lipinski definition) is 3. The van der Waals surface area contributed by atoms with E-state index < -0.39 is 18.8 Å². The van der Waals surface area contributed by atoms with Crippen LogP contribution in [0.1, 0.15) is 0 Å². The minimum absolute atomic E-state index is 0. The molecule has 0 saturated carbocycles. The van der Waals surface area contributed by atoms with E-state index in [1.54, 1.807) is 0 Å². The van der Waals surface area contributed by atoms with Crippen molar-refractivity contribution in [3.63, 3.8) is 0 Å². The third-order valence-electron chi connectivity index (χ3n) is 0. The van der Waals surface area contributed by atoms with Crippen molar-refractivity contribution in [2.75, 3.05) is 0 Å². The van der Waals surface area contributed by atoms with Crippen molar-refractivity contribution in [2.24, 2.45) is 0 Å². The molecule has 0 saturated heterocycles. The fourth-order valence-electron chi connectivity index (χ4n) is 0. The predicted octanol–water partition coefficient (Wildman–Crippen LogP) is -3.36. The van der Waals surface area contributed by atoms with Crippen LogP contribution in [0, 0.1) is 0 Å². The Morgan fingerprint density at radius 3 is 0.667 bits per heavy atom. The second kappa shape index (κ2) is 82.5. The molecule has 0 rings (SSSR count). The van der Waals surface area contributed by atoms with Crippen LogP contribution < -0.4 is 55.0 Å². The van der Waals surface area contributed by atoms with Crippen LogP contribution in [0.3, 0.4) is 0 Å². The maximum absolute atomic E-state index is 8.60. The summed E-state index contributed by atoms with van der Waals surface area (Å²) in [6.07, 6.45) is 0. The molecule has 0 aromatic rings. The van der Waals surface area contributed by atoms with Crippen LogP contribution in [-0.2, 0) is 25.3 Å². The van der Waals surface area contributed by atoms with Gasteiger partial charge in [-0.2, -0.15) is 0 Å². The van der Waals surface area contributed by atoms with Crippen LogP contribution in [0.25, 0.3) is 0 Å². The molecule has 0 amide bonds. The van der Waals surface area contributed by atoms with Gasteiger partial charge in [-0.05, 0) is 0 Å². The van der Waals surface area contributed by atoms with Crippen molar-refractivity contribution in [2.45, 2.75) is 0 Å². The van der Waals surface area contributed by atoms with E-state index in [0.29, 0.717) is 0 Å². The van der Waals surface area contributed by atoms with E-state index in [-0.39, 0.29) is 84.3 Å². The first-order valence-electron chi connectivity index (χ1n) is 0.548. The van der Waals surface area contributed by atoms with Gasteiger partial charge < -0.3 is 0 Å². The van der Waals surface area contributed by atoms with Crippen molar-refractivity contribution in [3.05, 3.63) is 0 Å². The minimum atomic E-state index is -4.20. The van der Waals surface area contributed by atoms with Crippen LogP contribution in [-0.4, -0.2) is 0 Å². The molecule has 0 aliphatic carbocycles. The van der Waals surface area contributed by atoms with Crippen LogP contribution in [0.5, 0.6) is 0 Å². The number of halogens is 7. The molecule has 0 bridgehead atoms. The Labute approximate surface area is 112 Å². The topological polar surface area (TPSA) is 57.2 Å². The van der Waals surface area contributed by atoms with E-state index >= 15 is 0 Å². The zero-order chi connectivity index (χ0) is 3.58. The van der Waals surface area contributed by atoms with E-state index in [9.17, 15) is 0 Å². The quantitative estimate of drug-likeness (QED) is 0.346. The van der Waals surface area contributed by atoms with E-state index in [0.717, 1.165) is 0 Å². The second-order valence-corrected chi connectivity index (χ2v) is 1.32. The Kier molecular flexibility index (Phi) is 724. The van der Waals surface area contributed by atoms with Crippen LogP contribution in [0.15, 0.2) is 0 Å². The van der Waals surface area contributed by atoms with E-state index in [1.165, 1.54) is 0 Å². The molecule has 0 aliphatic heterocycles. The molecule has 0 radical (unpaired) electrons. The van der Waals surface area contributed by atoms with Crippen LogP contribution in [0.2, 0.25) is 0 Å². The zero-order valence-electron chi connectivity index (χ0n) is 5.53. The Balaban J connectivity index is -0.00000000161. The van der Waals surface area contributed by atoms with Gasteiger partial charge in [0, 0.05) is 0 Å². The Morgan fingerprint density at radius 1 is 0.667 bits per heavy atom. The summed E-state index contributed by atoms with van der Waals surface area (Å²) in [6.45, 7) is 0. The number of rotatable bonds is 0. The van der Waals surface area contributed by atoms with Gasteiger partial charge in [-0.25, -0.2) is 0 Å². The first kappa shape index (κ1) is 105. The summed E-state index contributed by atoms with van der Waals surface area (Å²) in [5, 5.41) is 0. The van der Waals surface area contributed by atoms with Crippen molar-refractivity contribution in [3.8, 4) is 0 Å². The molecule has 0 fully saturated rings. The summed E-state index contributed by atoms with van der Waals surface area (Å²) >= 11 is -4.20. The number of hydrogen-bond donors (Lipinski definition) is 0. The van der Waals surface area contributed by atoms with Gasteiger partial charge in [-0.1, -0.05) is 0 Å². The van der Waals surface area contributed by atoms with E-state index in [1.807, 2.05) is 0 Å². The maximum atomic E-state index is 8.60. The van der Waals surface area contributed by atoms with Gasteiger partial charge in [0.05, 0.1) is 0 Å². The molecule has 3 nitrogen and oxygen atoms in total. The molecule has 0 atom stereocenters. The monoisotopic (exact) mass is 320 g/mol. The van der Waals surface area contributed by atoms with Crippen molar-refractivity contribution in [1.82, 2.24) is 0 Å². The summed E-state index contributed by atoms with van der Waals surface area (Å²) in [5.74, 6) is 0. The molecule has 0 spiro atoms. The summed E-state index contributed by atoms with van der Waals surface area (Å²) in [4.78, 5) is 0. The van der Waals surface area contributed by atoms with Gasteiger partial charge in [-0.15, -0.1) is 0 Å². The molecular weight excluding hydrogens is 313 g/mol. The van der Waals surface area contributed by atoms with Gasteiger partial charge in [-0.3, -0.25) is 32.9 Å². The zero-order valence-corrected chi connectivity index (χ0v) is 10.9. The molecular formula is H7F7KNbO3. The fourth-order valence-corrected chi connectivity index (χ4v) is 0. The average Bonchev–Trinajstić information content (AvgIpc) is 0.811. The summed E-state index contributed by atoms with van der Waals surface area (Å²) in [5.41, 5.74) is 0. The van der Waals surface area contributed by atoms with Gasteiger partial charge in [0.25, 0.3) is 0 Å². The van der Waals surface area contributed by atoms with Crippen molar-refractivity contribution in [1.29, 1.82) is 0 Å². The van der Waals surface area contributed by atoms with Crippen molar-refractivity contribution >= 4 is 0 Å². The summed E-state index contributed by atoms with van der Waals surface area (Å²) < 4.78 is 25.8. The SMILES string of the molecule is F.F.F.F.F.F.F.[K+].[O]=[Nb](=[O])[O-]. The molecule has 12 heteroatoms. The van der Waals surface area contributed by atoms with Gasteiger partial charge in [0.15, 0.2) is 0 Å². The Bertz CT molecular complexity index is 67.1. The van der Waals surface area contributed by atoms with Gasteiger partial charge in [0.2, 0.25) is 0 Å². The van der Waals surface area contributed by atoms with E-state index in [2.05, 4.69) is 0 Å². The third-order valence-corrected chi connectivity index (χ3v) is 0. The van der Waals surface area contributed by atoms with Crippen molar-refractivity contribution < 1.29 is 113 Å². The third kappa shape index (κ3) is 597. The van der Waals surface area contributed by atoms with Crippen LogP contribution in [0.4, 0.5) is 32.9 Å². The molecule has 0 aromatic heterocycles.